The van der Waals surface area contributed by atoms with E-state index in [9.17, 15) is 9.59 Å². The van der Waals surface area contributed by atoms with E-state index in [4.69, 9.17) is 0 Å². The number of Topliss-reactive ketones (excluding diaryl/α,β-unsaturated/α-hetero) is 2. The van der Waals surface area contributed by atoms with Crippen LogP contribution in [-0.2, 0) is 0 Å². The van der Waals surface area contributed by atoms with E-state index < -0.39 is 0 Å². The lowest BCUT2D eigenvalue weighted by molar-refractivity contribution is 0.0966. The zero-order valence-corrected chi connectivity index (χ0v) is 12.3. The van der Waals surface area contributed by atoms with Gasteiger partial charge in [-0.3, -0.25) is 14.6 Å². The molecule has 0 spiro atoms. The van der Waals surface area contributed by atoms with E-state index in [-0.39, 0.29) is 18.0 Å². The highest BCUT2D eigenvalue weighted by molar-refractivity contribution is 7.14. The molecule has 5 nitrogen and oxygen atoms in total. The minimum Gasteiger partial charge on any atom is -0.301 e. The van der Waals surface area contributed by atoms with Crippen LogP contribution < -0.4 is 0 Å². The Hall–Kier alpha value is -1.40. The van der Waals surface area contributed by atoms with Crippen molar-refractivity contribution in [3.05, 3.63) is 15.6 Å². The van der Waals surface area contributed by atoms with Crippen LogP contribution in [0.2, 0.25) is 0 Å². The molecule has 1 fully saturated rings. The van der Waals surface area contributed by atoms with Gasteiger partial charge >= 0.3 is 0 Å². The number of carbonyl (C=O) groups excluding carboxylic acids is 2. The number of carbonyl (C=O) groups is 2. The maximum absolute atomic E-state index is 12.3. The minimum absolute atomic E-state index is 0.0230. The van der Waals surface area contributed by atoms with Crippen LogP contribution in [0.3, 0.4) is 0 Å². The van der Waals surface area contributed by atoms with E-state index in [0.717, 1.165) is 24.6 Å². The van der Waals surface area contributed by atoms with Gasteiger partial charge in [0.05, 0.1) is 23.7 Å². The van der Waals surface area contributed by atoms with E-state index in [1.54, 1.807) is 0 Å². The van der Waals surface area contributed by atoms with Gasteiger partial charge in [-0.15, -0.1) is 11.3 Å². The van der Waals surface area contributed by atoms with Gasteiger partial charge in [-0.05, 0) is 32.9 Å². The monoisotopic (exact) mass is 291 g/mol. The Morgan fingerprint density at radius 2 is 2.05 bits per heavy atom. The minimum atomic E-state index is -0.162. The van der Waals surface area contributed by atoms with Crippen LogP contribution in [0.5, 0.6) is 0 Å². The second kappa shape index (κ2) is 5.54. The summed E-state index contributed by atoms with van der Waals surface area (Å²) in [6.07, 6.45) is 2.62. The van der Waals surface area contributed by atoms with Gasteiger partial charge in [0.1, 0.15) is 10.6 Å². The van der Waals surface area contributed by atoms with Crippen molar-refractivity contribution in [2.75, 3.05) is 26.2 Å². The first kappa shape index (κ1) is 13.6. The number of nitrogens with zero attached hydrogens (tertiary/aromatic N) is 3. The molecule has 0 N–H and O–H groups in total. The summed E-state index contributed by atoms with van der Waals surface area (Å²) >= 11 is 1.30. The van der Waals surface area contributed by atoms with Gasteiger partial charge in [0.25, 0.3) is 0 Å². The van der Waals surface area contributed by atoms with Gasteiger partial charge < -0.3 is 4.90 Å². The third-order valence-corrected chi connectivity index (χ3v) is 4.72. The van der Waals surface area contributed by atoms with Crippen molar-refractivity contribution in [3.8, 4) is 0 Å². The molecule has 0 bridgehead atoms. The van der Waals surface area contributed by atoms with Gasteiger partial charge in [-0.2, -0.15) is 0 Å². The molecule has 20 heavy (non-hydrogen) atoms. The summed E-state index contributed by atoms with van der Waals surface area (Å²) in [5.74, 6) is -0.185. The highest BCUT2D eigenvalue weighted by Crippen LogP contribution is 2.25. The van der Waals surface area contributed by atoms with Gasteiger partial charge in [-0.1, -0.05) is 0 Å². The second-order valence-corrected chi connectivity index (χ2v) is 6.42. The summed E-state index contributed by atoms with van der Waals surface area (Å²) < 4.78 is 0. The van der Waals surface area contributed by atoms with Crippen molar-refractivity contribution in [2.24, 2.45) is 4.99 Å². The molecule has 0 radical (unpaired) electrons. The lowest BCUT2D eigenvalue weighted by Crippen LogP contribution is -2.28. The third-order valence-electron chi connectivity index (χ3n) is 3.71. The first-order valence-electron chi connectivity index (χ1n) is 6.96. The molecule has 0 atom stereocenters. The van der Waals surface area contributed by atoms with Gasteiger partial charge in [0.15, 0.2) is 5.78 Å². The third kappa shape index (κ3) is 2.58. The Balaban J connectivity index is 1.71. The lowest BCUT2D eigenvalue weighted by Gasteiger charge is -2.14. The normalized spacial score (nSPS) is 21.8. The van der Waals surface area contributed by atoms with Crippen molar-refractivity contribution in [2.45, 2.75) is 26.2 Å². The number of aliphatic imine (C=N–C) groups is 1. The van der Waals surface area contributed by atoms with Crippen molar-refractivity contribution in [1.29, 1.82) is 0 Å². The summed E-state index contributed by atoms with van der Waals surface area (Å²) in [4.78, 5) is 35.6. The molecule has 1 saturated heterocycles. The summed E-state index contributed by atoms with van der Waals surface area (Å²) in [6.45, 7) is 5.51. The number of hydrogen-bond donors (Lipinski definition) is 0. The molecule has 2 heterocycles. The fraction of sp³-hybridized carbons (Fsp3) is 0.571. The number of hydrogen-bond acceptors (Lipinski definition) is 6. The SMILES string of the molecule is Cc1nc2c(s1)C(=O)CC(=NCCN1CCCC1)C2=O. The molecule has 0 saturated carbocycles. The molecular formula is C14H17N3O2S. The Bertz CT molecular complexity index is 585. The molecule has 106 valence electrons. The quantitative estimate of drug-likeness (QED) is 0.851. The van der Waals surface area contributed by atoms with Gasteiger partial charge in [-0.25, -0.2) is 4.98 Å². The smallest absolute Gasteiger partial charge is 0.227 e. The fourth-order valence-electron chi connectivity index (χ4n) is 2.68. The first-order valence-corrected chi connectivity index (χ1v) is 7.78. The molecule has 0 aromatic carbocycles. The predicted octanol–water partition coefficient (Wildman–Crippen LogP) is 1.76. The molecule has 1 aromatic heterocycles. The van der Waals surface area contributed by atoms with Crippen LogP contribution in [0.4, 0.5) is 0 Å². The fourth-order valence-corrected chi connectivity index (χ4v) is 3.53. The van der Waals surface area contributed by atoms with Crippen LogP contribution in [0.25, 0.3) is 0 Å². The average molecular weight is 291 g/mol. The Morgan fingerprint density at radius 1 is 1.30 bits per heavy atom. The van der Waals surface area contributed by atoms with E-state index in [1.807, 2.05) is 6.92 Å². The lowest BCUT2D eigenvalue weighted by atomic mass is 9.98. The van der Waals surface area contributed by atoms with Crippen molar-refractivity contribution < 1.29 is 9.59 Å². The number of aryl methyl sites for hydroxylation is 1. The maximum Gasteiger partial charge on any atom is 0.227 e. The Kier molecular flexibility index (Phi) is 3.76. The average Bonchev–Trinajstić information content (AvgIpc) is 3.04. The van der Waals surface area contributed by atoms with Crippen LogP contribution in [0, 0.1) is 6.92 Å². The number of thiazole rings is 1. The number of likely N-dealkylation sites (tertiary alicyclic amines) is 1. The molecule has 1 aliphatic heterocycles. The Morgan fingerprint density at radius 3 is 2.80 bits per heavy atom. The standard InChI is InChI=1S/C14H17N3O2S/c1-9-16-12-13(19)10(8-11(18)14(12)20-9)15-4-7-17-5-2-3-6-17/h2-8H2,1H3. The van der Waals surface area contributed by atoms with E-state index in [0.29, 0.717) is 22.8 Å². The summed E-state index contributed by atoms with van der Waals surface area (Å²) in [5.41, 5.74) is 0.690. The molecule has 0 amide bonds. The summed E-state index contributed by atoms with van der Waals surface area (Å²) in [5, 5.41) is 0.759. The van der Waals surface area contributed by atoms with E-state index in [2.05, 4.69) is 14.9 Å². The molecule has 6 heteroatoms. The van der Waals surface area contributed by atoms with Crippen LogP contribution >= 0.6 is 11.3 Å². The number of fused-ring (bicyclic) bond motifs is 1. The Labute approximate surface area is 121 Å². The molecule has 1 aliphatic carbocycles. The number of rotatable bonds is 3. The maximum atomic E-state index is 12.3. The zero-order chi connectivity index (χ0) is 14.1. The molecule has 2 aliphatic rings. The summed E-state index contributed by atoms with van der Waals surface area (Å²) in [7, 11) is 0. The van der Waals surface area contributed by atoms with E-state index >= 15 is 0 Å². The van der Waals surface area contributed by atoms with E-state index in [1.165, 1.54) is 24.2 Å². The molecular weight excluding hydrogens is 274 g/mol. The molecule has 3 rings (SSSR count). The van der Waals surface area contributed by atoms with Gasteiger partial charge in [0.2, 0.25) is 5.78 Å². The molecule has 1 aromatic rings. The van der Waals surface area contributed by atoms with Crippen molar-refractivity contribution >= 4 is 28.6 Å². The highest BCUT2D eigenvalue weighted by Gasteiger charge is 2.32. The number of aromatic nitrogens is 1. The highest BCUT2D eigenvalue weighted by atomic mass is 32.1. The zero-order valence-electron chi connectivity index (χ0n) is 11.5. The second-order valence-electron chi connectivity index (χ2n) is 5.22. The first-order chi connectivity index (χ1) is 9.65. The van der Waals surface area contributed by atoms with Crippen LogP contribution in [0.15, 0.2) is 4.99 Å². The molecule has 0 unspecified atom stereocenters. The van der Waals surface area contributed by atoms with Gasteiger partial charge in [0, 0.05) is 6.54 Å². The van der Waals surface area contributed by atoms with Crippen LogP contribution in [-0.4, -0.2) is 53.3 Å². The summed E-state index contributed by atoms with van der Waals surface area (Å²) in [6, 6.07) is 0. The predicted molar refractivity (Wildman–Crippen MR) is 78.1 cm³/mol. The van der Waals surface area contributed by atoms with Crippen molar-refractivity contribution in [3.63, 3.8) is 0 Å². The largest absolute Gasteiger partial charge is 0.301 e. The number of ketones is 2. The van der Waals surface area contributed by atoms with Crippen LogP contribution in [0.1, 0.15) is 44.4 Å². The van der Waals surface area contributed by atoms with Crippen molar-refractivity contribution in [1.82, 2.24) is 9.88 Å². The topological polar surface area (TPSA) is 62.6 Å².